The molecule has 1 saturated heterocycles. The lowest BCUT2D eigenvalue weighted by molar-refractivity contribution is -0.387. The average Bonchev–Trinajstić information content (AvgIpc) is 2.47. The first-order chi connectivity index (χ1) is 9.48. The Morgan fingerprint density at radius 3 is 2.75 bits per heavy atom. The minimum Gasteiger partial charge on any atom is -0.380 e. The van der Waals surface area contributed by atoms with Crippen LogP contribution in [0, 0.1) is 10.1 Å². The van der Waals surface area contributed by atoms with E-state index in [2.05, 4.69) is 5.32 Å². The Balaban J connectivity index is 2.47. The van der Waals surface area contributed by atoms with Crippen molar-refractivity contribution in [2.24, 2.45) is 0 Å². The fourth-order valence-corrected chi connectivity index (χ4v) is 4.37. The quantitative estimate of drug-likeness (QED) is 0.650. The summed E-state index contributed by atoms with van der Waals surface area (Å²) in [5.74, 6) is 0. The molecule has 0 spiro atoms. The number of nitrogens with zero attached hydrogens (tertiary/aromatic N) is 1. The molecule has 1 fully saturated rings. The van der Waals surface area contributed by atoms with Gasteiger partial charge in [0.1, 0.15) is 10.1 Å². The van der Waals surface area contributed by atoms with E-state index in [1.54, 1.807) is 7.05 Å². The van der Waals surface area contributed by atoms with Crippen molar-refractivity contribution in [3.05, 3.63) is 34.4 Å². The van der Waals surface area contributed by atoms with Crippen molar-refractivity contribution in [2.45, 2.75) is 22.6 Å². The van der Waals surface area contributed by atoms with Crippen LogP contribution >= 0.6 is 0 Å². The van der Waals surface area contributed by atoms with Gasteiger partial charge in [0.2, 0.25) is 0 Å². The summed E-state index contributed by atoms with van der Waals surface area (Å²) in [4.78, 5) is 10.1. The van der Waals surface area contributed by atoms with Crippen LogP contribution in [-0.4, -0.2) is 44.9 Å². The van der Waals surface area contributed by atoms with E-state index in [9.17, 15) is 18.5 Å². The molecule has 0 bridgehead atoms. The van der Waals surface area contributed by atoms with Crippen LogP contribution < -0.4 is 5.32 Å². The van der Waals surface area contributed by atoms with Crippen molar-refractivity contribution in [2.75, 3.05) is 20.3 Å². The van der Waals surface area contributed by atoms with Crippen molar-refractivity contribution in [1.29, 1.82) is 0 Å². The number of nitro benzene ring substituents is 1. The highest BCUT2D eigenvalue weighted by Crippen LogP contribution is 2.29. The standard InChI is InChI=1S/C12H16N2O5S/c1-13-9-6-7-19-8-12(9)20(17,18)11-5-3-2-4-10(11)14(15)16/h2-5,9,12-13H,6-8H2,1H3. The molecule has 0 amide bonds. The Morgan fingerprint density at radius 1 is 1.40 bits per heavy atom. The number of nitro groups is 1. The summed E-state index contributed by atoms with van der Waals surface area (Å²) in [5, 5.41) is 13.1. The van der Waals surface area contributed by atoms with Crippen molar-refractivity contribution in [3.63, 3.8) is 0 Å². The molecule has 1 aliphatic rings. The molecule has 2 rings (SSSR count). The molecule has 0 radical (unpaired) electrons. The number of hydrogen-bond donors (Lipinski definition) is 1. The minimum atomic E-state index is -3.83. The highest BCUT2D eigenvalue weighted by molar-refractivity contribution is 7.92. The molecular weight excluding hydrogens is 284 g/mol. The number of benzene rings is 1. The number of rotatable bonds is 4. The number of sulfone groups is 1. The van der Waals surface area contributed by atoms with Crippen LogP contribution in [-0.2, 0) is 14.6 Å². The average molecular weight is 300 g/mol. The minimum absolute atomic E-state index is 0.0416. The highest BCUT2D eigenvalue weighted by atomic mass is 32.2. The third kappa shape index (κ3) is 2.67. The number of para-hydroxylation sites is 1. The predicted molar refractivity (Wildman–Crippen MR) is 72.4 cm³/mol. The van der Waals surface area contributed by atoms with E-state index in [1.807, 2.05) is 0 Å². The highest BCUT2D eigenvalue weighted by Gasteiger charge is 2.39. The smallest absolute Gasteiger partial charge is 0.287 e. The maximum atomic E-state index is 12.7. The first-order valence-electron chi connectivity index (χ1n) is 6.21. The zero-order valence-electron chi connectivity index (χ0n) is 11.0. The van der Waals surface area contributed by atoms with Crippen LogP contribution in [0.1, 0.15) is 6.42 Å². The molecule has 8 heteroatoms. The normalized spacial score (nSPS) is 23.4. The predicted octanol–water partition coefficient (Wildman–Crippen LogP) is 0.745. The molecular formula is C12H16N2O5S. The lowest BCUT2D eigenvalue weighted by Crippen LogP contribution is -2.49. The molecule has 20 heavy (non-hydrogen) atoms. The second-order valence-electron chi connectivity index (χ2n) is 4.57. The Kier molecular flexibility index (Phi) is 4.36. The summed E-state index contributed by atoms with van der Waals surface area (Å²) < 4.78 is 30.5. The molecule has 0 saturated carbocycles. The number of ether oxygens (including phenoxy) is 1. The summed E-state index contributed by atoms with van der Waals surface area (Å²) in [6, 6.07) is 5.13. The van der Waals surface area contributed by atoms with Gasteiger partial charge in [0.25, 0.3) is 5.69 Å². The van der Waals surface area contributed by atoms with Gasteiger partial charge in [-0.1, -0.05) is 12.1 Å². The van der Waals surface area contributed by atoms with Gasteiger partial charge < -0.3 is 10.1 Å². The van der Waals surface area contributed by atoms with E-state index in [0.29, 0.717) is 13.0 Å². The largest absolute Gasteiger partial charge is 0.380 e. The first-order valence-corrected chi connectivity index (χ1v) is 7.75. The van der Waals surface area contributed by atoms with Crippen LogP contribution in [0.4, 0.5) is 5.69 Å². The van der Waals surface area contributed by atoms with E-state index in [4.69, 9.17) is 4.74 Å². The maximum absolute atomic E-state index is 12.7. The van der Waals surface area contributed by atoms with Crippen molar-refractivity contribution >= 4 is 15.5 Å². The Morgan fingerprint density at radius 2 is 2.10 bits per heavy atom. The van der Waals surface area contributed by atoms with Crippen LogP contribution in [0.25, 0.3) is 0 Å². The van der Waals surface area contributed by atoms with E-state index >= 15 is 0 Å². The molecule has 0 aromatic heterocycles. The summed E-state index contributed by atoms with van der Waals surface area (Å²) >= 11 is 0. The Labute approximate surface area is 117 Å². The molecule has 2 unspecified atom stereocenters. The van der Waals surface area contributed by atoms with Crippen molar-refractivity contribution in [3.8, 4) is 0 Å². The molecule has 1 aliphatic heterocycles. The van der Waals surface area contributed by atoms with Gasteiger partial charge >= 0.3 is 0 Å². The number of nitrogens with one attached hydrogen (secondary N) is 1. The summed E-state index contributed by atoms with van der Waals surface area (Å²) in [5.41, 5.74) is -0.395. The zero-order valence-corrected chi connectivity index (χ0v) is 11.8. The lowest BCUT2D eigenvalue weighted by Gasteiger charge is -2.30. The van der Waals surface area contributed by atoms with E-state index in [0.717, 1.165) is 0 Å². The van der Waals surface area contributed by atoms with Gasteiger partial charge in [-0.05, 0) is 19.5 Å². The maximum Gasteiger partial charge on any atom is 0.287 e. The number of hydrogen-bond acceptors (Lipinski definition) is 6. The van der Waals surface area contributed by atoms with Crippen LogP contribution in [0.5, 0.6) is 0 Å². The lowest BCUT2D eigenvalue weighted by atomic mass is 10.1. The van der Waals surface area contributed by atoms with Gasteiger partial charge in [-0.15, -0.1) is 0 Å². The van der Waals surface area contributed by atoms with Crippen LogP contribution in [0.3, 0.4) is 0 Å². The first kappa shape index (κ1) is 14.9. The monoisotopic (exact) mass is 300 g/mol. The second-order valence-corrected chi connectivity index (χ2v) is 6.70. The van der Waals surface area contributed by atoms with Crippen LogP contribution in [0.15, 0.2) is 29.2 Å². The molecule has 1 N–H and O–H groups in total. The van der Waals surface area contributed by atoms with Crippen LogP contribution in [0.2, 0.25) is 0 Å². The fourth-order valence-electron chi connectivity index (χ4n) is 2.36. The molecule has 110 valence electrons. The third-order valence-electron chi connectivity index (χ3n) is 3.44. The van der Waals surface area contributed by atoms with Gasteiger partial charge in [-0.3, -0.25) is 10.1 Å². The fraction of sp³-hybridized carbons (Fsp3) is 0.500. The molecule has 1 heterocycles. The van der Waals surface area contributed by atoms with Crippen molar-refractivity contribution < 1.29 is 18.1 Å². The van der Waals surface area contributed by atoms with E-state index in [-0.39, 0.29) is 17.5 Å². The molecule has 1 aromatic carbocycles. The Hall–Kier alpha value is -1.51. The van der Waals surface area contributed by atoms with E-state index in [1.165, 1.54) is 24.3 Å². The topological polar surface area (TPSA) is 98.5 Å². The third-order valence-corrected chi connectivity index (χ3v) is 5.66. The van der Waals surface area contributed by atoms with Crippen molar-refractivity contribution in [1.82, 2.24) is 5.32 Å². The molecule has 1 aromatic rings. The molecule has 0 aliphatic carbocycles. The zero-order chi connectivity index (χ0) is 14.8. The molecule has 7 nitrogen and oxygen atoms in total. The summed E-state index contributed by atoms with van der Waals surface area (Å²) in [6.45, 7) is 0.522. The summed E-state index contributed by atoms with van der Waals surface area (Å²) in [6.07, 6.45) is 0.557. The SMILES string of the molecule is CNC1CCOCC1S(=O)(=O)c1ccccc1[N+](=O)[O-]. The second kappa shape index (κ2) is 5.86. The van der Waals surface area contributed by atoms with E-state index < -0.39 is 25.7 Å². The van der Waals surface area contributed by atoms with Gasteiger partial charge in [0.15, 0.2) is 9.84 Å². The Bertz CT molecular complexity index is 602. The van der Waals surface area contributed by atoms with Gasteiger partial charge in [-0.25, -0.2) is 8.42 Å². The van der Waals surface area contributed by atoms with Gasteiger partial charge in [0, 0.05) is 18.7 Å². The summed E-state index contributed by atoms with van der Waals surface area (Å²) in [7, 11) is -2.15. The molecule has 2 atom stereocenters. The van der Waals surface area contributed by atoms with Gasteiger partial charge in [0.05, 0.1) is 11.5 Å². The van der Waals surface area contributed by atoms with Gasteiger partial charge in [-0.2, -0.15) is 0 Å².